The Morgan fingerprint density at radius 3 is 2.60 bits per heavy atom. The van der Waals surface area contributed by atoms with E-state index in [1.165, 1.54) is 12.8 Å². The average molecular weight is 231 g/mol. The second kappa shape index (κ2) is 6.28. The first-order chi connectivity index (χ1) is 7.14. The molecule has 0 bridgehead atoms. The van der Waals surface area contributed by atoms with Crippen LogP contribution < -0.4 is 5.32 Å². The topological polar surface area (TPSA) is 46.2 Å². The van der Waals surface area contributed by atoms with Crippen molar-refractivity contribution in [2.75, 3.05) is 24.6 Å². The van der Waals surface area contributed by atoms with Crippen molar-refractivity contribution < 1.29 is 8.42 Å². The van der Waals surface area contributed by atoms with Crippen LogP contribution in [0.4, 0.5) is 0 Å². The molecule has 0 saturated heterocycles. The Labute approximate surface area is 92.9 Å². The number of sulfone groups is 1. The van der Waals surface area contributed by atoms with E-state index in [9.17, 15) is 8.42 Å². The van der Waals surface area contributed by atoms with Gasteiger partial charge in [-0.1, -0.05) is 18.9 Å². The first-order valence-corrected chi connectivity index (χ1v) is 7.48. The van der Waals surface area contributed by atoms with Crippen molar-refractivity contribution in [3.05, 3.63) is 12.7 Å². The lowest BCUT2D eigenvalue weighted by atomic mass is 10.1. The van der Waals surface area contributed by atoms with Gasteiger partial charge in [0.15, 0.2) is 9.84 Å². The largest absolute Gasteiger partial charge is 0.312 e. The zero-order valence-corrected chi connectivity index (χ0v) is 10.1. The standard InChI is InChI=1S/C11H21NO2S/c1-2-7-12-8-9-15(13,14)10-11-5-3-4-6-11/h2,11-12H,1,3-10H2. The summed E-state index contributed by atoms with van der Waals surface area (Å²) in [7, 11) is -2.84. The van der Waals surface area contributed by atoms with Crippen LogP contribution in [0.25, 0.3) is 0 Å². The van der Waals surface area contributed by atoms with Gasteiger partial charge in [-0.15, -0.1) is 6.58 Å². The molecule has 3 nitrogen and oxygen atoms in total. The van der Waals surface area contributed by atoms with Crippen LogP contribution in [-0.2, 0) is 9.84 Å². The fourth-order valence-corrected chi connectivity index (χ4v) is 3.72. The third-order valence-corrected chi connectivity index (χ3v) is 4.65. The maximum Gasteiger partial charge on any atom is 0.151 e. The van der Waals surface area contributed by atoms with Gasteiger partial charge in [-0.3, -0.25) is 0 Å². The summed E-state index contributed by atoms with van der Waals surface area (Å²) in [5.41, 5.74) is 0. The molecule has 15 heavy (non-hydrogen) atoms. The van der Waals surface area contributed by atoms with Gasteiger partial charge in [-0.05, 0) is 18.8 Å². The van der Waals surface area contributed by atoms with Crippen LogP contribution in [0, 0.1) is 5.92 Å². The second-order valence-electron chi connectivity index (χ2n) is 4.26. The van der Waals surface area contributed by atoms with Crippen LogP contribution in [0.3, 0.4) is 0 Å². The van der Waals surface area contributed by atoms with Gasteiger partial charge in [0, 0.05) is 13.1 Å². The summed E-state index contributed by atoms with van der Waals surface area (Å²) in [6.45, 7) is 4.79. The SMILES string of the molecule is C=CCNCCS(=O)(=O)CC1CCCC1. The minimum absolute atomic E-state index is 0.261. The molecule has 0 unspecified atom stereocenters. The molecule has 88 valence electrons. The normalized spacial score (nSPS) is 18.1. The Morgan fingerprint density at radius 1 is 1.33 bits per heavy atom. The van der Waals surface area contributed by atoms with Crippen LogP contribution in [0.5, 0.6) is 0 Å². The molecule has 1 aliphatic rings. The summed E-state index contributed by atoms with van der Waals surface area (Å²) in [4.78, 5) is 0. The Kier molecular flexibility index (Phi) is 5.32. The van der Waals surface area contributed by atoms with Crippen molar-refractivity contribution >= 4 is 9.84 Å². The van der Waals surface area contributed by atoms with E-state index in [4.69, 9.17) is 0 Å². The van der Waals surface area contributed by atoms with Gasteiger partial charge in [-0.2, -0.15) is 0 Å². The Hall–Kier alpha value is -0.350. The van der Waals surface area contributed by atoms with Crippen molar-refractivity contribution in [3.63, 3.8) is 0 Å². The molecule has 0 amide bonds. The molecule has 1 saturated carbocycles. The van der Waals surface area contributed by atoms with E-state index < -0.39 is 9.84 Å². The van der Waals surface area contributed by atoms with E-state index in [2.05, 4.69) is 11.9 Å². The number of hydrogen-bond donors (Lipinski definition) is 1. The lowest BCUT2D eigenvalue weighted by Crippen LogP contribution is -2.26. The zero-order valence-electron chi connectivity index (χ0n) is 9.24. The van der Waals surface area contributed by atoms with E-state index in [0.29, 0.717) is 24.8 Å². The molecular formula is C11H21NO2S. The van der Waals surface area contributed by atoms with Crippen molar-refractivity contribution in [2.45, 2.75) is 25.7 Å². The predicted octanol–water partition coefficient (Wildman–Crippen LogP) is 1.37. The zero-order chi connectivity index (χ0) is 11.1. The quantitative estimate of drug-likeness (QED) is 0.532. The van der Waals surface area contributed by atoms with Gasteiger partial charge in [-0.25, -0.2) is 8.42 Å². The summed E-state index contributed by atoms with van der Waals surface area (Å²) >= 11 is 0. The second-order valence-corrected chi connectivity index (χ2v) is 6.49. The predicted molar refractivity (Wildman–Crippen MR) is 63.7 cm³/mol. The number of rotatable bonds is 7. The van der Waals surface area contributed by atoms with E-state index in [1.54, 1.807) is 6.08 Å². The lowest BCUT2D eigenvalue weighted by Gasteiger charge is -2.09. The van der Waals surface area contributed by atoms with Gasteiger partial charge in [0.25, 0.3) is 0 Å². The van der Waals surface area contributed by atoms with Crippen LogP contribution in [-0.4, -0.2) is 33.0 Å². The van der Waals surface area contributed by atoms with Crippen LogP contribution >= 0.6 is 0 Å². The molecule has 1 rings (SSSR count). The van der Waals surface area contributed by atoms with Gasteiger partial charge in [0.2, 0.25) is 0 Å². The van der Waals surface area contributed by atoms with Gasteiger partial charge in [0.05, 0.1) is 11.5 Å². The van der Waals surface area contributed by atoms with Crippen molar-refractivity contribution in [1.29, 1.82) is 0 Å². The van der Waals surface area contributed by atoms with Crippen molar-refractivity contribution in [3.8, 4) is 0 Å². The molecule has 4 heteroatoms. The van der Waals surface area contributed by atoms with E-state index in [-0.39, 0.29) is 5.75 Å². The highest BCUT2D eigenvalue weighted by atomic mass is 32.2. The monoisotopic (exact) mass is 231 g/mol. The minimum atomic E-state index is -2.84. The summed E-state index contributed by atoms with van der Waals surface area (Å²) in [5, 5.41) is 3.02. The summed E-state index contributed by atoms with van der Waals surface area (Å²) in [5.74, 6) is 1.08. The average Bonchev–Trinajstić information content (AvgIpc) is 2.64. The molecule has 0 atom stereocenters. The van der Waals surface area contributed by atoms with E-state index in [1.807, 2.05) is 0 Å². The highest BCUT2D eigenvalue weighted by molar-refractivity contribution is 7.91. The maximum atomic E-state index is 11.7. The van der Waals surface area contributed by atoms with Gasteiger partial charge < -0.3 is 5.32 Å². The Bertz CT molecular complexity index is 279. The summed E-state index contributed by atoms with van der Waals surface area (Å²) in [6.07, 6.45) is 6.34. The minimum Gasteiger partial charge on any atom is -0.312 e. The van der Waals surface area contributed by atoms with Gasteiger partial charge >= 0.3 is 0 Å². The Morgan fingerprint density at radius 2 is 2.00 bits per heavy atom. The molecule has 0 spiro atoms. The fourth-order valence-electron chi connectivity index (χ4n) is 2.05. The number of nitrogens with one attached hydrogen (secondary N) is 1. The third-order valence-electron chi connectivity index (χ3n) is 2.84. The fraction of sp³-hybridized carbons (Fsp3) is 0.818. The molecule has 0 aliphatic heterocycles. The molecule has 0 radical (unpaired) electrons. The molecule has 0 heterocycles. The van der Waals surface area contributed by atoms with E-state index in [0.717, 1.165) is 12.8 Å². The van der Waals surface area contributed by atoms with Crippen molar-refractivity contribution in [1.82, 2.24) is 5.32 Å². The Balaban J connectivity index is 2.22. The molecule has 1 fully saturated rings. The first kappa shape index (κ1) is 12.7. The summed E-state index contributed by atoms with van der Waals surface area (Å²) < 4.78 is 23.4. The summed E-state index contributed by atoms with van der Waals surface area (Å²) in [6, 6.07) is 0. The molecule has 0 aromatic rings. The van der Waals surface area contributed by atoms with Crippen LogP contribution in [0.2, 0.25) is 0 Å². The third kappa shape index (κ3) is 5.33. The van der Waals surface area contributed by atoms with Crippen LogP contribution in [0.15, 0.2) is 12.7 Å². The molecule has 1 aliphatic carbocycles. The molecule has 0 aromatic carbocycles. The van der Waals surface area contributed by atoms with Crippen molar-refractivity contribution in [2.24, 2.45) is 5.92 Å². The van der Waals surface area contributed by atoms with Gasteiger partial charge in [0.1, 0.15) is 0 Å². The number of hydrogen-bond acceptors (Lipinski definition) is 3. The lowest BCUT2D eigenvalue weighted by molar-refractivity contribution is 0.557. The van der Waals surface area contributed by atoms with Crippen LogP contribution in [0.1, 0.15) is 25.7 Å². The first-order valence-electron chi connectivity index (χ1n) is 5.66. The molecule has 0 aromatic heterocycles. The highest BCUT2D eigenvalue weighted by Gasteiger charge is 2.21. The van der Waals surface area contributed by atoms with E-state index >= 15 is 0 Å². The maximum absolute atomic E-state index is 11.7. The molecule has 1 N–H and O–H groups in total. The smallest absolute Gasteiger partial charge is 0.151 e. The highest BCUT2D eigenvalue weighted by Crippen LogP contribution is 2.25. The molecular weight excluding hydrogens is 210 g/mol.